The smallest absolute Gasteiger partial charge is 0.326 e. The summed E-state index contributed by atoms with van der Waals surface area (Å²) in [7, 11) is 0. The number of benzene rings is 1. The van der Waals surface area contributed by atoms with Crippen LogP contribution in [0.1, 0.15) is 12.5 Å². The summed E-state index contributed by atoms with van der Waals surface area (Å²) in [5.41, 5.74) is 0.883. The van der Waals surface area contributed by atoms with Crippen LogP contribution in [-0.2, 0) is 4.79 Å². The summed E-state index contributed by atoms with van der Waals surface area (Å²) in [5.74, 6) is 3.02. The van der Waals surface area contributed by atoms with Crippen LogP contribution in [-0.4, -0.2) is 25.2 Å². The van der Waals surface area contributed by atoms with Gasteiger partial charge in [0.1, 0.15) is 12.3 Å². The molecule has 0 radical (unpaired) electrons. The first-order valence-electron chi connectivity index (χ1n) is 6.41. The molecule has 1 aliphatic heterocycles. The Morgan fingerprint density at radius 3 is 2.68 bits per heavy atom. The third kappa shape index (κ3) is 3.71. The number of terminal acetylenes is 1. The monoisotopic (exact) mass is 412 g/mol. The molecule has 114 valence electrons. The molecule has 0 unspecified atom stereocenters. The molecule has 0 spiro atoms. The zero-order valence-electron chi connectivity index (χ0n) is 11.7. The summed E-state index contributed by atoms with van der Waals surface area (Å²) in [6, 6.07) is 2.99. The maximum absolute atomic E-state index is 11.6. The fourth-order valence-electron chi connectivity index (χ4n) is 1.84. The first-order chi connectivity index (χ1) is 10.5. The van der Waals surface area contributed by atoms with E-state index < -0.39 is 11.9 Å². The molecule has 0 aliphatic carbocycles. The van der Waals surface area contributed by atoms with E-state index in [1.54, 1.807) is 18.2 Å². The van der Waals surface area contributed by atoms with Gasteiger partial charge in [-0.1, -0.05) is 5.92 Å². The van der Waals surface area contributed by atoms with Crippen LogP contribution in [0.2, 0.25) is 0 Å². The minimum absolute atomic E-state index is 0.134. The van der Waals surface area contributed by atoms with Gasteiger partial charge in [-0.25, -0.2) is 4.79 Å². The Morgan fingerprint density at radius 1 is 1.32 bits per heavy atom. The number of hydrogen-bond acceptors (Lipinski definition) is 4. The molecule has 1 fully saturated rings. The van der Waals surface area contributed by atoms with E-state index in [1.807, 2.05) is 6.92 Å². The Hall–Kier alpha value is -2.21. The van der Waals surface area contributed by atoms with Gasteiger partial charge in [0.2, 0.25) is 0 Å². The van der Waals surface area contributed by atoms with Crippen molar-refractivity contribution >= 4 is 40.6 Å². The molecule has 1 aromatic carbocycles. The van der Waals surface area contributed by atoms with Crippen LogP contribution in [0.4, 0.5) is 4.79 Å². The molecule has 6 nitrogen and oxygen atoms in total. The number of carbonyl (C=O) groups is 2. The summed E-state index contributed by atoms with van der Waals surface area (Å²) in [6.07, 6.45) is 6.77. The van der Waals surface area contributed by atoms with Gasteiger partial charge >= 0.3 is 6.03 Å². The van der Waals surface area contributed by atoms with Crippen LogP contribution in [0.5, 0.6) is 11.5 Å². The van der Waals surface area contributed by atoms with E-state index in [0.717, 1.165) is 3.57 Å². The summed E-state index contributed by atoms with van der Waals surface area (Å²) < 4.78 is 11.8. The number of hydrogen-bond donors (Lipinski definition) is 2. The average molecular weight is 412 g/mol. The Balaban J connectivity index is 2.38. The molecule has 2 rings (SSSR count). The van der Waals surface area contributed by atoms with E-state index in [4.69, 9.17) is 15.9 Å². The second-order valence-corrected chi connectivity index (χ2v) is 5.38. The van der Waals surface area contributed by atoms with Gasteiger partial charge in [0.25, 0.3) is 5.91 Å². The average Bonchev–Trinajstić information content (AvgIpc) is 2.76. The lowest BCUT2D eigenvalue weighted by atomic mass is 10.1. The molecular weight excluding hydrogens is 399 g/mol. The van der Waals surface area contributed by atoms with Crippen molar-refractivity contribution in [3.63, 3.8) is 0 Å². The van der Waals surface area contributed by atoms with Crippen molar-refractivity contribution < 1.29 is 19.1 Å². The maximum Gasteiger partial charge on any atom is 0.326 e. The van der Waals surface area contributed by atoms with Gasteiger partial charge in [0.05, 0.1) is 10.2 Å². The predicted octanol–water partition coefficient (Wildman–Crippen LogP) is 1.88. The van der Waals surface area contributed by atoms with Gasteiger partial charge in [0.15, 0.2) is 11.5 Å². The van der Waals surface area contributed by atoms with Crippen LogP contribution in [0.15, 0.2) is 17.8 Å². The van der Waals surface area contributed by atoms with Crippen LogP contribution >= 0.6 is 22.6 Å². The quantitative estimate of drug-likeness (QED) is 0.335. The summed E-state index contributed by atoms with van der Waals surface area (Å²) in [4.78, 5) is 22.7. The van der Waals surface area contributed by atoms with E-state index in [2.05, 4.69) is 39.1 Å². The SMILES string of the molecule is C#CCOc1c(I)cc(C=C2NC(=O)NC2=O)cc1OCC. The predicted molar refractivity (Wildman–Crippen MR) is 89.3 cm³/mol. The van der Waals surface area contributed by atoms with Gasteiger partial charge in [-0.2, -0.15) is 0 Å². The Labute approximate surface area is 141 Å². The summed E-state index contributed by atoms with van der Waals surface area (Å²) in [5, 5.41) is 4.58. The van der Waals surface area contributed by atoms with Crippen molar-refractivity contribution in [1.82, 2.24) is 10.6 Å². The minimum atomic E-state index is -0.537. The molecule has 1 aromatic rings. The highest BCUT2D eigenvalue weighted by atomic mass is 127. The highest BCUT2D eigenvalue weighted by Gasteiger charge is 2.23. The lowest BCUT2D eigenvalue weighted by molar-refractivity contribution is -0.115. The highest BCUT2D eigenvalue weighted by molar-refractivity contribution is 14.1. The number of carbonyl (C=O) groups excluding carboxylic acids is 2. The van der Waals surface area contributed by atoms with Gasteiger partial charge in [-0.3, -0.25) is 10.1 Å². The molecule has 22 heavy (non-hydrogen) atoms. The number of imide groups is 1. The summed E-state index contributed by atoms with van der Waals surface area (Å²) >= 11 is 2.10. The fraction of sp³-hybridized carbons (Fsp3) is 0.200. The third-order valence-corrected chi connectivity index (χ3v) is 3.46. The Kier molecular flexibility index (Phi) is 5.27. The molecule has 7 heteroatoms. The molecule has 2 N–H and O–H groups in total. The van der Waals surface area contributed by atoms with Crippen LogP contribution < -0.4 is 20.1 Å². The van der Waals surface area contributed by atoms with Gasteiger partial charge in [-0.05, 0) is 53.3 Å². The second-order valence-electron chi connectivity index (χ2n) is 4.22. The zero-order chi connectivity index (χ0) is 16.1. The third-order valence-electron chi connectivity index (χ3n) is 2.66. The number of amides is 3. The van der Waals surface area contributed by atoms with E-state index >= 15 is 0 Å². The standard InChI is InChI=1S/C15H13IN2O4/c1-3-5-22-13-10(16)6-9(8-12(13)21-4-2)7-11-14(19)18-15(20)17-11/h1,6-8H,4-5H2,2H3,(H2,17,18,19,20). The van der Waals surface area contributed by atoms with Crippen molar-refractivity contribution in [3.8, 4) is 23.8 Å². The lowest BCUT2D eigenvalue weighted by Gasteiger charge is -2.13. The van der Waals surface area contributed by atoms with Crippen LogP contribution in [0.3, 0.4) is 0 Å². The zero-order valence-corrected chi connectivity index (χ0v) is 13.9. The summed E-state index contributed by atoms with van der Waals surface area (Å²) in [6.45, 7) is 2.45. The van der Waals surface area contributed by atoms with Gasteiger partial charge < -0.3 is 14.8 Å². The topological polar surface area (TPSA) is 76.7 Å². The lowest BCUT2D eigenvalue weighted by Crippen LogP contribution is -2.22. The van der Waals surface area contributed by atoms with Crippen molar-refractivity contribution in [1.29, 1.82) is 0 Å². The molecular formula is C15H13IN2O4. The first kappa shape index (κ1) is 16.2. The van der Waals surface area contributed by atoms with E-state index in [1.165, 1.54) is 0 Å². The van der Waals surface area contributed by atoms with Crippen LogP contribution in [0, 0.1) is 15.9 Å². The number of urea groups is 1. The largest absolute Gasteiger partial charge is 0.490 e. The number of nitrogens with one attached hydrogen (secondary N) is 2. The second kappa shape index (κ2) is 7.17. The maximum atomic E-state index is 11.6. The molecule has 3 amide bonds. The fourth-order valence-corrected chi connectivity index (χ4v) is 2.62. The first-order valence-corrected chi connectivity index (χ1v) is 7.49. The molecule has 0 bridgehead atoms. The van der Waals surface area contributed by atoms with E-state index in [9.17, 15) is 9.59 Å². The molecule has 1 heterocycles. The van der Waals surface area contributed by atoms with Gasteiger partial charge in [-0.15, -0.1) is 6.42 Å². The molecule has 0 saturated carbocycles. The van der Waals surface area contributed by atoms with Gasteiger partial charge in [0, 0.05) is 0 Å². The van der Waals surface area contributed by atoms with E-state index in [-0.39, 0.29) is 12.3 Å². The Morgan fingerprint density at radius 2 is 2.09 bits per heavy atom. The molecule has 0 atom stereocenters. The van der Waals surface area contributed by atoms with Crippen molar-refractivity contribution in [3.05, 3.63) is 27.0 Å². The normalized spacial score (nSPS) is 15.2. The molecule has 1 aliphatic rings. The van der Waals surface area contributed by atoms with Crippen molar-refractivity contribution in [2.45, 2.75) is 6.92 Å². The molecule has 0 aromatic heterocycles. The van der Waals surface area contributed by atoms with Crippen LogP contribution in [0.25, 0.3) is 6.08 Å². The number of rotatable bonds is 5. The molecule has 1 saturated heterocycles. The van der Waals surface area contributed by atoms with E-state index in [0.29, 0.717) is 23.7 Å². The highest BCUT2D eigenvalue weighted by Crippen LogP contribution is 2.34. The minimum Gasteiger partial charge on any atom is -0.490 e. The number of ether oxygens (including phenoxy) is 2. The number of halogens is 1. The van der Waals surface area contributed by atoms with Crippen molar-refractivity contribution in [2.75, 3.05) is 13.2 Å². The van der Waals surface area contributed by atoms with Crippen molar-refractivity contribution in [2.24, 2.45) is 0 Å². The Bertz CT molecular complexity index is 692.